The summed E-state index contributed by atoms with van der Waals surface area (Å²) in [5.41, 5.74) is 0. The molecule has 2 saturated heterocycles. The fourth-order valence-corrected chi connectivity index (χ4v) is 3.67. The first-order chi connectivity index (χ1) is 10.7. The highest BCUT2D eigenvalue weighted by molar-refractivity contribution is 6.79. The molecule has 2 aliphatic heterocycles. The molecule has 22 heavy (non-hydrogen) atoms. The molecule has 2 rings (SSSR count). The SMILES string of the molecule is CCCCCCCCCCCC[B-]12OC(=O)C[C+]1CC(=O)O2. The Morgan fingerprint density at radius 2 is 1.27 bits per heavy atom. The van der Waals surface area contributed by atoms with Gasteiger partial charge in [-0.05, 0) is 6.32 Å². The normalized spacial score (nSPS) is 19.2. The summed E-state index contributed by atoms with van der Waals surface area (Å²) in [6.45, 7) is 0.529. The maximum Gasteiger partial charge on any atom is 0.558 e. The monoisotopic (exact) mass is 308 g/mol. The Morgan fingerprint density at radius 3 is 1.77 bits per heavy atom. The van der Waals surface area contributed by atoms with Crippen molar-refractivity contribution in [3.8, 4) is 0 Å². The molecule has 0 N–H and O–H groups in total. The van der Waals surface area contributed by atoms with Crippen LogP contribution in [0, 0.1) is 5.82 Å². The van der Waals surface area contributed by atoms with Crippen LogP contribution in [0.15, 0.2) is 0 Å². The Labute approximate surface area is 134 Å². The second-order valence-corrected chi connectivity index (χ2v) is 6.83. The zero-order valence-corrected chi connectivity index (χ0v) is 13.9. The summed E-state index contributed by atoms with van der Waals surface area (Å²) in [6, 6.07) is 0. The highest BCUT2D eigenvalue weighted by atomic mass is 16.7. The van der Waals surface area contributed by atoms with Gasteiger partial charge in [0.05, 0.1) is 0 Å². The maximum absolute atomic E-state index is 11.4. The fraction of sp³-hybridized carbons (Fsp3) is 0.824. The average molecular weight is 308 g/mol. The number of hydrogen-bond donors (Lipinski definition) is 0. The van der Waals surface area contributed by atoms with E-state index in [2.05, 4.69) is 6.92 Å². The van der Waals surface area contributed by atoms with Gasteiger partial charge in [0.15, 0.2) is 0 Å². The summed E-state index contributed by atoms with van der Waals surface area (Å²) >= 11 is 0. The van der Waals surface area contributed by atoms with Crippen molar-refractivity contribution in [2.75, 3.05) is 0 Å². The van der Waals surface area contributed by atoms with E-state index in [1.807, 2.05) is 0 Å². The molecule has 0 spiro atoms. The lowest BCUT2D eigenvalue weighted by Gasteiger charge is -2.24. The van der Waals surface area contributed by atoms with E-state index in [-0.39, 0.29) is 24.8 Å². The summed E-state index contributed by atoms with van der Waals surface area (Å²) < 4.78 is 10.7. The number of fused-ring (bicyclic) bond motifs is 1. The number of rotatable bonds is 11. The molecule has 0 bridgehead atoms. The van der Waals surface area contributed by atoms with Crippen LogP contribution in [0.3, 0.4) is 0 Å². The van der Waals surface area contributed by atoms with E-state index in [4.69, 9.17) is 9.31 Å². The van der Waals surface area contributed by atoms with Crippen LogP contribution in [0.1, 0.15) is 84.0 Å². The van der Waals surface area contributed by atoms with Crippen LogP contribution < -0.4 is 0 Å². The van der Waals surface area contributed by atoms with Crippen molar-refractivity contribution in [3.63, 3.8) is 0 Å². The fourth-order valence-electron chi connectivity index (χ4n) is 3.67. The maximum atomic E-state index is 11.4. The van der Waals surface area contributed by atoms with Gasteiger partial charge >= 0.3 is 18.5 Å². The topological polar surface area (TPSA) is 52.6 Å². The van der Waals surface area contributed by atoms with Crippen molar-refractivity contribution in [2.45, 2.75) is 90.3 Å². The molecule has 2 aliphatic rings. The van der Waals surface area contributed by atoms with E-state index in [1.165, 1.54) is 51.4 Å². The Balaban J connectivity index is 1.53. The van der Waals surface area contributed by atoms with Gasteiger partial charge < -0.3 is 9.31 Å². The molecule has 0 aromatic rings. The molecule has 0 aliphatic carbocycles. The van der Waals surface area contributed by atoms with Gasteiger partial charge in [-0.2, -0.15) is 0 Å². The van der Waals surface area contributed by atoms with E-state index >= 15 is 0 Å². The van der Waals surface area contributed by atoms with Gasteiger partial charge in [0.25, 0.3) is 0 Å². The highest BCUT2D eigenvalue weighted by Gasteiger charge is 2.63. The van der Waals surface area contributed by atoms with Crippen LogP contribution in [-0.4, -0.2) is 18.5 Å². The smallest absolute Gasteiger partial charge is 0.558 e. The summed E-state index contributed by atoms with van der Waals surface area (Å²) in [4.78, 5) is 22.9. The molecule has 0 unspecified atom stereocenters. The summed E-state index contributed by atoms with van der Waals surface area (Å²) in [5, 5.41) is 0. The minimum absolute atomic E-state index is 0.227. The van der Waals surface area contributed by atoms with Crippen LogP contribution in [0.4, 0.5) is 0 Å². The lowest BCUT2D eigenvalue weighted by Crippen LogP contribution is -2.39. The lowest BCUT2D eigenvalue weighted by molar-refractivity contribution is -0.138. The van der Waals surface area contributed by atoms with Crippen LogP contribution in [-0.2, 0) is 18.9 Å². The zero-order valence-electron chi connectivity index (χ0n) is 13.9. The molecule has 0 aromatic carbocycles. The van der Waals surface area contributed by atoms with E-state index in [0.29, 0.717) is 6.32 Å². The van der Waals surface area contributed by atoms with Crippen LogP contribution in [0.5, 0.6) is 0 Å². The molecule has 0 radical (unpaired) electrons. The van der Waals surface area contributed by atoms with E-state index < -0.39 is 6.55 Å². The Hall–Kier alpha value is -1.13. The number of carbonyl (C=O) groups is 2. The molecule has 5 heteroatoms. The first-order valence-electron chi connectivity index (χ1n) is 9.11. The third kappa shape index (κ3) is 4.69. The molecule has 124 valence electrons. The van der Waals surface area contributed by atoms with E-state index in [9.17, 15) is 9.59 Å². The van der Waals surface area contributed by atoms with Crippen LogP contribution >= 0.6 is 0 Å². The molecular weight excluding hydrogens is 279 g/mol. The third-order valence-electron chi connectivity index (χ3n) is 4.95. The molecule has 2 heterocycles. The second-order valence-electron chi connectivity index (χ2n) is 6.83. The molecule has 0 atom stereocenters. The first-order valence-corrected chi connectivity index (χ1v) is 9.11. The van der Waals surface area contributed by atoms with Gasteiger partial charge in [-0.15, -0.1) is 0 Å². The number of unbranched alkanes of at least 4 members (excludes halogenated alkanes) is 9. The lowest BCUT2D eigenvalue weighted by atomic mass is 9.46. The predicted octanol–water partition coefficient (Wildman–Crippen LogP) is 4.36. The van der Waals surface area contributed by atoms with Crippen molar-refractivity contribution in [1.82, 2.24) is 0 Å². The third-order valence-corrected chi connectivity index (χ3v) is 4.95. The van der Waals surface area contributed by atoms with Crippen molar-refractivity contribution in [2.24, 2.45) is 0 Å². The minimum Gasteiger partial charge on any atom is -0.613 e. The first kappa shape index (κ1) is 17.2. The standard InChI is InChI=1S/C17H29BO4/c1-2-3-4-5-6-7-8-9-10-11-12-18-15(13-16(19)21-18)14-17(20)22-18/h2-14H2,1H3. The van der Waals surface area contributed by atoms with Crippen LogP contribution in [0.25, 0.3) is 0 Å². The summed E-state index contributed by atoms with van der Waals surface area (Å²) in [6.07, 6.45) is 13.9. The van der Waals surface area contributed by atoms with Gasteiger partial charge in [-0.25, -0.2) is 0 Å². The van der Waals surface area contributed by atoms with Crippen molar-refractivity contribution in [3.05, 3.63) is 5.82 Å². The average Bonchev–Trinajstić information content (AvgIpc) is 2.91. The Bertz CT molecular complexity index is 363. The van der Waals surface area contributed by atoms with Crippen LogP contribution in [0.2, 0.25) is 6.32 Å². The summed E-state index contributed by atoms with van der Waals surface area (Å²) in [7, 11) is 0. The quantitative estimate of drug-likeness (QED) is 0.323. The Kier molecular flexibility index (Phi) is 6.65. The molecule has 4 nitrogen and oxygen atoms in total. The Morgan fingerprint density at radius 1 is 0.818 bits per heavy atom. The van der Waals surface area contributed by atoms with Crippen molar-refractivity contribution in [1.29, 1.82) is 0 Å². The van der Waals surface area contributed by atoms with Crippen molar-refractivity contribution < 1.29 is 18.9 Å². The largest absolute Gasteiger partial charge is 0.613 e. The van der Waals surface area contributed by atoms with Gasteiger partial charge in [0.2, 0.25) is 0 Å². The second kappa shape index (κ2) is 8.49. The number of hydrogen-bond acceptors (Lipinski definition) is 4. The van der Waals surface area contributed by atoms with E-state index in [0.717, 1.165) is 18.7 Å². The minimum atomic E-state index is -1.71. The highest BCUT2D eigenvalue weighted by Crippen LogP contribution is 2.43. The summed E-state index contributed by atoms with van der Waals surface area (Å²) in [5.74, 6) is 0.440. The van der Waals surface area contributed by atoms with Gasteiger partial charge in [0.1, 0.15) is 12.8 Å². The zero-order chi connectivity index (χ0) is 15.8. The van der Waals surface area contributed by atoms with Gasteiger partial charge in [-0.3, -0.25) is 9.59 Å². The molecule has 0 amide bonds. The molecule has 2 fully saturated rings. The van der Waals surface area contributed by atoms with E-state index in [1.54, 1.807) is 0 Å². The number of carbonyl (C=O) groups excluding carboxylic acids is 2. The predicted molar refractivity (Wildman–Crippen MR) is 87.1 cm³/mol. The molecular formula is C17H29BO4. The van der Waals surface area contributed by atoms with Crippen molar-refractivity contribution >= 4 is 18.5 Å². The molecule has 0 aromatic heterocycles. The van der Waals surface area contributed by atoms with Gasteiger partial charge in [-0.1, -0.05) is 71.1 Å². The van der Waals surface area contributed by atoms with Gasteiger partial charge in [0, 0.05) is 5.82 Å². The molecule has 0 saturated carbocycles.